The van der Waals surface area contributed by atoms with Gasteiger partial charge in [0.05, 0.1) is 12.6 Å². The van der Waals surface area contributed by atoms with Crippen molar-refractivity contribution in [3.63, 3.8) is 0 Å². The number of piperazine rings is 1. The summed E-state index contributed by atoms with van der Waals surface area (Å²) in [6.07, 6.45) is 1.20. The van der Waals surface area contributed by atoms with Crippen LogP contribution < -0.4 is 14.8 Å². The smallest absolute Gasteiger partial charge is 0.246 e. The molecular weight excluding hydrogens is 498 g/mol. The summed E-state index contributed by atoms with van der Waals surface area (Å²) in [4.78, 5) is 49.3. The Morgan fingerprint density at radius 2 is 1.97 bits per heavy atom. The van der Waals surface area contributed by atoms with Crippen LogP contribution in [-0.4, -0.2) is 89.0 Å². The van der Waals surface area contributed by atoms with Gasteiger partial charge in [0.15, 0.2) is 11.5 Å². The number of ether oxygens (including phenoxy) is 2. The quantitative estimate of drug-likeness (QED) is 0.522. The Morgan fingerprint density at radius 1 is 1.13 bits per heavy atom. The second-order valence-corrected chi connectivity index (χ2v) is 10.7. The molecule has 0 aliphatic carbocycles. The first-order valence-corrected chi connectivity index (χ1v) is 13.6. The summed E-state index contributed by atoms with van der Waals surface area (Å²) in [6.45, 7) is 4.31. The minimum absolute atomic E-state index is 0.0175. The van der Waals surface area contributed by atoms with Crippen LogP contribution >= 0.6 is 0 Å². The van der Waals surface area contributed by atoms with E-state index in [9.17, 15) is 14.4 Å². The lowest BCUT2D eigenvalue weighted by Gasteiger charge is -2.48. The highest BCUT2D eigenvalue weighted by Gasteiger charge is 2.50. The SMILES string of the molecule is CCNC(=O)CN1CC[C@@H](N2CC(=O)N3[C@H](c4ccc5c(c4)OCO5)c4[nH]c5ccccc5c4C[C@@H]3C2=O)C1. The molecule has 10 heteroatoms. The van der Waals surface area contributed by atoms with Crippen LogP contribution in [0.15, 0.2) is 42.5 Å². The van der Waals surface area contributed by atoms with Gasteiger partial charge in [-0.2, -0.15) is 0 Å². The summed E-state index contributed by atoms with van der Waals surface area (Å²) in [5.41, 5.74) is 3.87. The number of aromatic nitrogens is 1. The normalized spacial score (nSPS) is 24.3. The number of likely N-dealkylation sites (N-methyl/N-ethyl adjacent to an activating group) is 1. The molecule has 0 unspecified atom stereocenters. The number of rotatable bonds is 5. The van der Waals surface area contributed by atoms with E-state index in [4.69, 9.17) is 9.47 Å². The highest BCUT2D eigenvalue weighted by Crippen LogP contribution is 2.45. The summed E-state index contributed by atoms with van der Waals surface area (Å²) >= 11 is 0. The number of aromatic amines is 1. The van der Waals surface area contributed by atoms with Gasteiger partial charge in [-0.1, -0.05) is 24.3 Å². The van der Waals surface area contributed by atoms with E-state index in [1.165, 1.54) is 0 Å². The number of carbonyl (C=O) groups excluding carboxylic acids is 3. The number of nitrogens with zero attached hydrogens (tertiary/aromatic N) is 3. The number of likely N-dealkylation sites (tertiary alicyclic amines) is 1. The summed E-state index contributed by atoms with van der Waals surface area (Å²) in [5, 5.41) is 3.91. The number of para-hydroxylation sites is 1. The van der Waals surface area contributed by atoms with Gasteiger partial charge in [-0.15, -0.1) is 0 Å². The van der Waals surface area contributed by atoms with Gasteiger partial charge in [-0.25, -0.2) is 0 Å². The number of amides is 3. The van der Waals surface area contributed by atoms with E-state index in [-0.39, 0.29) is 37.1 Å². The van der Waals surface area contributed by atoms with Crippen LogP contribution in [0.3, 0.4) is 0 Å². The van der Waals surface area contributed by atoms with Crippen molar-refractivity contribution in [2.24, 2.45) is 0 Å². The van der Waals surface area contributed by atoms with Crippen LogP contribution in [0, 0.1) is 0 Å². The van der Waals surface area contributed by atoms with Crippen molar-refractivity contribution in [2.45, 2.75) is 37.9 Å². The largest absolute Gasteiger partial charge is 0.454 e. The van der Waals surface area contributed by atoms with Gasteiger partial charge < -0.3 is 29.6 Å². The number of carbonyl (C=O) groups is 3. The van der Waals surface area contributed by atoms with Crippen LogP contribution in [0.5, 0.6) is 11.5 Å². The first-order chi connectivity index (χ1) is 19.0. The zero-order valence-electron chi connectivity index (χ0n) is 21.8. The average Bonchev–Trinajstić information content (AvgIpc) is 3.67. The van der Waals surface area contributed by atoms with Gasteiger partial charge in [0.2, 0.25) is 24.5 Å². The van der Waals surface area contributed by atoms with Crippen LogP contribution in [0.4, 0.5) is 0 Å². The van der Waals surface area contributed by atoms with Crippen molar-refractivity contribution in [3.05, 3.63) is 59.3 Å². The molecule has 4 aliphatic rings. The van der Waals surface area contributed by atoms with Gasteiger partial charge in [0.25, 0.3) is 0 Å². The van der Waals surface area contributed by atoms with Gasteiger partial charge >= 0.3 is 0 Å². The third-order valence-electron chi connectivity index (χ3n) is 8.44. The molecule has 3 aromatic rings. The molecule has 0 radical (unpaired) electrons. The maximum atomic E-state index is 14.1. The number of fused-ring (bicyclic) bond motifs is 5. The molecular formula is C29H31N5O5. The predicted molar refractivity (Wildman–Crippen MR) is 142 cm³/mol. The lowest BCUT2D eigenvalue weighted by Crippen LogP contribution is -2.65. The molecule has 0 saturated carbocycles. The van der Waals surface area contributed by atoms with Gasteiger partial charge in [0.1, 0.15) is 12.6 Å². The Balaban J connectivity index is 1.24. The van der Waals surface area contributed by atoms with Gasteiger partial charge in [0, 0.05) is 48.7 Å². The second-order valence-electron chi connectivity index (χ2n) is 10.7. The second kappa shape index (κ2) is 9.30. The molecule has 5 heterocycles. The number of H-pyrrole nitrogens is 1. The maximum Gasteiger partial charge on any atom is 0.246 e. The van der Waals surface area contributed by atoms with Crippen molar-refractivity contribution in [2.75, 3.05) is 39.5 Å². The third kappa shape index (κ3) is 3.93. The Hall–Kier alpha value is -4.05. The molecule has 2 aromatic carbocycles. The molecule has 2 N–H and O–H groups in total. The maximum absolute atomic E-state index is 14.1. The molecule has 2 fully saturated rings. The lowest BCUT2D eigenvalue weighted by atomic mass is 9.85. The highest BCUT2D eigenvalue weighted by molar-refractivity contribution is 5.98. The van der Waals surface area contributed by atoms with Crippen LogP contribution in [-0.2, 0) is 20.8 Å². The van der Waals surface area contributed by atoms with Crippen molar-refractivity contribution in [3.8, 4) is 11.5 Å². The zero-order chi connectivity index (χ0) is 26.7. The van der Waals surface area contributed by atoms with E-state index in [2.05, 4.69) is 21.3 Å². The van der Waals surface area contributed by atoms with E-state index in [0.29, 0.717) is 37.6 Å². The Kier molecular flexibility index (Phi) is 5.73. The summed E-state index contributed by atoms with van der Waals surface area (Å²) in [5.74, 6) is 1.20. The Bertz CT molecular complexity index is 1480. The third-order valence-corrected chi connectivity index (χ3v) is 8.44. The van der Waals surface area contributed by atoms with Gasteiger partial charge in [-0.05, 0) is 42.7 Å². The van der Waals surface area contributed by atoms with Crippen LogP contribution in [0.25, 0.3) is 10.9 Å². The molecule has 10 nitrogen and oxygen atoms in total. The van der Waals surface area contributed by atoms with Crippen molar-refractivity contribution >= 4 is 28.6 Å². The van der Waals surface area contributed by atoms with E-state index in [1.54, 1.807) is 9.80 Å². The molecule has 7 rings (SSSR count). The topological polar surface area (TPSA) is 107 Å². The molecule has 4 aliphatic heterocycles. The first kappa shape index (κ1) is 24.0. The Labute approximate surface area is 225 Å². The summed E-state index contributed by atoms with van der Waals surface area (Å²) in [6, 6.07) is 12.7. The van der Waals surface area contributed by atoms with E-state index < -0.39 is 12.1 Å². The van der Waals surface area contributed by atoms with Crippen LogP contribution in [0.1, 0.15) is 36.2 Å². The molecule has 2 saturated heterocycles. The predicted octanol–water partition coefficient (Wildman–Crippen LogP) is 1.79. The summed E-state index contributed by atoms with van der Waals surface area (Å²) in [7, 11) is 0. The molecule has 0 bridgehead atoms. The fourth-order valence-electron chi connectivity index (χ4n) is 6.69. The number of nitrogens with one attached hydrogen (secondary N) is 2. The zero-order valence-corrected chi connectivity index (χ0v) is 21.8. The minimum Gasteiger partial charge on any atom is -0.454 e. The number of benzene rings is 2. The number of hydrogen-bond acceptors (Lipinski definition) is 6. The number of hydrogen-bond donors (Lipinski definition) is 2. The fraction of sp³-hybridized carbons (Fsp3) is 0.414. The molecule has 3 amide bonds. The lowest BCUT2D eigenvalue weighted by molar-refractivity contribution is -0.160. The average molecular weight is 530 g/mol. The van der Waals surface area contributed by atoms with E-state index in [1.807, 2.05) is 43.3 Å². The van der Waals surface area contributed by atoms with E-state index >= 15 is 0 Å². The van der Waals surface area contributed by atoms with Crippen molar-refractivity contribution < 1.29 is 23.9 Å². The first-order valence-electron chi connectivity index (χ1n) is 13.6. The van der Waals surface area contributed by atoms with Gasteiger partial charge in [-0.3, -0.25) is 19.3 Å². The van der Waals surface area contributed by atoms with Crippen molar-refractivity contribution in [1.29, 1.82) is 0 Å². The molecule has 1 aromatic heterocycles. The van der Waals surface area contributed by atoms with E-state index in [0.717, 1.165) is 40.7 Å². The molecule has 202 valence electrons. The molecule has 0 spiro atoms. The highest BCUT2D eigenvalue weighted by atomic mass is 16.7. The molecule has 39 heavy (non-hydrogen) atoms. The summed E-state index contributed by atoms with van der Waals surface area (Å²) < 4.78 is 11.2. The fourth-order valence-corrected chi connectivity index (χ4v) is 6.69. The minimum atomic E-state index is -0.606. The monoisotopic (exact) mass is 529 g/mol. The van der Waals surface area contributed by atoms with Crippen molar-refractivity contribution in [1.82, 2.24) is 25.0 Å². The standard InChI is InChI=1S/C29H31N5O5/c1-2-30-25(35)14-32-10-9-18(13-32)33-15-26(36)34-22(29(33)37)12-20-19-5-3-4-6-21(19)31-27(20)28(34)17-7-8-23-24(11-17)39-16-38-23/h3-8,11,18,22,28,31H,2,9-10,12-16H2,1H3,(H,30,35)/t18-,22-,28-/m1/s1. The molecule has 3 atom stereocenters. The Morgan fingerprint density at radius 3 is 2.85 bits per heavy atom. The van der Waals surface area contributed by atoms with Crippen LogP contribution in [0.2, 0.25) is 0 Å².